The van der Waals surface area contributed by atoms with Gasteiger partial charge in [-0.1, -0.05) is 35.9 Å². The van der Waals surface area contributed by atoms with Crippen molar-refractivity contribution >= 4 is 34.3 Å². The van der Waals surface area contributed by atoms with E-state index in [1.165, 1.54) is 0 Å². The van der Waals surface area contributed by atoms with Crippen LogP contribution in [0.3, 0.4) is 0 Å². The van der Waals surface area contributed by atoms with Gasteiger partial charge in [0.25, 0.3) is 0 Å². The number of halogens is 1. The minimum Gasteiger partial charge on any atom is -0.497 e. The van der Waals surface area contributed by atoms with Gasteiger partial charge in [-0.15, -0.1) is 11.3 Å². The first-order valence-electron chi connectivity index (χ1n) is 7.83. The monoisotopic (exact) mass is 366 g/mol. The van der Waals surface area contributed by atoms with Gasteiger partial charge in [0, 0.05) is 21.6 Å². The van der Waals surface area contributed by atoms with Crippen LogP contribution in [-0.2, 0) is 0 Å². The standard InChI is InChI=1S/C21H15ClO2S/c1-23-15-10-8-14(9-11-15)21-18(22)13-17(20-7-4-12-25-20)16-5-2-3-6-19(16)24-21/h2-13H,1H3. The Morgan fingerprint density at radius 2 is 1.76 bits per heavy atom. The van der Waals surface area contributed by atoms with Gasteiger partial charge in [0.05, 0.1) is 12.1 Å². The molecule has 3 aromatic rings. The van der Waals surface area contributed by atoms with E-state index in [9.17, 15) is 0 Å². The third-order valence-corrected chi connectivity index (χ3v) is 5.20. The molecule has 0 aliphatic carbocycles. The Bertz CT molecular complexity index is 954. The Kier molecular flexibility index (Phi) is 4.35. The lowest BCUT2D eigenvalue weighted by Gasteiger charge is -2.13. The van der Waals surface area contributed by atoms with E-state index >= 15 is 0 Å². The molecule has 0 spiro atoms. The number of hydrogen-bond donors (Lipinski definition) is 0. The average Bonchev–Trinajstić information content (AvgIpc) is 3.14. The second-order valence-electron chi connectivity index (χ2n) is 5.54. The summed E-state index contributed by atoms with van der Waals surface area (Å²) in [5.74, 6) is 2.23. The average molecular weight is 367 g/mol. The largest absolute Gasteiger partial charge is 0.497 e. The zero-order chi connectivity index (χ0) is 17.2. The Morgan fingerprint density at radius 3 is 2.48 bits per heavy atom. The molecule has 0 bridgehead atoms. The number of fused-ring (bicyclic) bond motifs is 1. The maximum atomic E-state index is 6.65. The number of ether oxygens (including phenoxy) is 2. The Hall–Kier alpha value is -2.49. The molecule has 0 fully saturated rings. The van der Waals surface area contributed by atoms with Crippen LogP contribution in [0.4, 0.5) is 0 Å². The highest BCUT2D eigenvalue weighted by atomic mass is 35.5. The molecule has 0 atom stereocenters. The lowest BCUT2D eigenvalue weighted by molar-refractivity contribution is 0.414. The van der Waals surface area contributed by atoms with E-state index in [2.05, 4.69) is 17.5 Å². The first-order chi connectivity index (χ1) is 12.3. The lowest BCUT2D eigenvalue weighted by atomic mass is 10.0. The summed E-state index contributed by atoms with van der Waals surface area (Å²) in [6.07, 6.45) is 1.98. The summed E-state index contributed by atoms with van der Waals surface area (Å²) in [4.78, 5) is 1.16. The van der Waals surface area contributed by atoms with Crippen LogP contribution in [-0.4, -0.2) is 7.11 Å². The van der Waals surface area contributed by atoms with E-state index in [1.54, 1.807) is 18.4 Å². The van der Waals surface area contributed by atoms with Crippen LogP contribution in [0.5, 0.6) is 11.5 Å². The summed E-state index contributed by atoms with van der Waals surface area (Å²) in [5.41, 5.74) is 3.01. The lowest BCUT2D eigenvalue weighted by Crippen LogP contribution is -1.97. The summed E-state index contributed by atoms with van der Waals surface area (Å²) in [5, 5.41) is 2.64. The van der Waals surface area contributed by atoms with Gasteiger partial charge in [-0.05, 0) is 47.9 Å². The Balaban J connectivity index is 1.87. The fraction of sp³-hybridized carbons (Fsp3) is 0.0476. The molecule has 0 N–H and O–H groups in total. The van der Waals surface area contributed by atoms with Gasteiger partial charge in [-0.25, -0.2) is 0 Å². The molecule has 124 valence electrons. The Morgan fingerprint density at radius 1 is 0.960 bits per heavy atom. The molecule has 1 aromatic heterocycles. The molecular weight excluding hydrogens is 352 g/mol. The van der Waals surface area contributed by atoms with Crippen LogP contribution in [0, 0.1) is 0 Å². The maximum Gasteiger partial charge on any atom is 0.153 e. The molecule has 4 rings (SSSR count). The van der Waals surface area contributed by atoms with E-state index in [4.69, 9.17) is 21.1 Å². The number of thiophene rings is 1. The number of para-hydroxylation sites is 1. The molecule has 0 saturated carbocycles. The van der Waals surface area contributed by atoms with Crippen LogP contribution in [0.25, 0.3) is 11.3 Å². The molecular formula is C21H15ClO2S. The number of benzene rings is 2. The van der Waals surface area contributed by atoms with Gasteiger partial charge >= 0.3 is 0 Å². The second kappa shape index (κ2) is 6.79. The van der Waals surface area contributed by atoms with E-state index in [0.29, 0.717) is 10.8 Å². The zero-order valence-electron chi connectivity index (χ0n) is 13.5. The van der Waals surface area contributed by atoms with Crippen molar-refractivity contribution in [2.75, 3.05) is 7.11 Å². The summed E-state index contributed by atoms with van der Waals surface area (Å²) in [6, 6.07) is 19.8. The minimum absolute atomic E-state index is 0.574. The summed E-state index contributed by atoms with van der Waals surface area (Å²) < 4.78 is 11.4. The summed E-state index contributed by atoms with van der Waals surface area (Å²) >= 11 is 8.33. The SMILES string of the molecule is COc1ccc(C2=C(Cl)C=C(c3cccs3)c3ccccc3O2)cc1. The molecule has 0 amide bonds. The molecule has 1 aliphatic rings. The quantitative estimate of drug-likeness (QED) is 0.550. The van der Waals surface area contributed by atoms with Crippen molar-refractivity contribution in [2.24, 2.45) is 0 Å². The molecule has 2 aromatic carbocycles. The van der Waals surface area contributed by atoms with Gasteiger partial charge in [-0.3, -0.25) is 0 Å². The summed E-state index contributed by atoms with van der Waals surface area (Å²) in [6.45, 7) is 0. The zero-order valence-corrected chi connectivity index (χ0v) is 15.1. The predicted octanol–water partition coefficient (Wildman–Crippen LogP) is 6.19. The van der Waals surface area contributed by atoms with Gasteiger partial charge in [-0.2, -0.15) is 0 Å². The molecule has 0 radical (unpaired) electrons. The molecule has 2 heterocycles. The van der Waals surface area contributed by atoms with Crippen molar-refractivity contribution in [3.8, 4) is 11.5 Å². The third-order valence-electron chi connectivity index (χ3n) is 4.02. The second-order valence-corrected chi connectivity index (χ2v) is 6.89. The first kappa shape index (κ1) is 16.0. The minimum atomic E-state index is 0.574. The van der Waals surface area contributed by atoms with Crippen LogP contribution in [0.1, 0.15) is 16.0 Å². The normalized spacial score (nSPS) is 13.6. The number of methoxy groups -OCH3 is 1. The molecule has 0 saturated heterocycles. The summed E-state index contributed by atoms with van der Waals surface area (Å²) in [7, 11) is 1.65. The van der Waals surface area contributed by atoms with Crippen molar-refractivity contribution in [3.63, 3.8) is 0 Å². The van der Waals surface area contributed by atoms with Crippen LogP contribution >= 0.6 is 22.9 Å². The molecule has 4 heteroatoms. The van der Waals surface area contributed by atoms with Crippen LogP contribution < -0.4 is 9.47 Å². The van der Waals surface area contributed by atoms with Gasteiger partial charge in [0.15, 0.2) is 5.76 Å². The van der Waals surface area contributed by atoms with Crippen LogP contribution in [0.2, 0.25) is 0 Å². The number of allylic oxidation sites excluding steroid dienone is 2. The van der Waals surface area contributed by atoms with E-state index < -0.39 is 0 Å². The molecule has 25 heavy (non-hydrogen) atoms. The van der Waals surface area contributed by atoms with Crippen molar-refractivity contribution in [1.82, 2.24) is 0 Å². The Labute approximate surface area is 155 Å². The fourth-order valence-electron chi connectivity index (χ4n) is 2.78. The molecule has 2 nitrogen and oxygen atoms in total. The van der Waals surface area contributed by atoms with Crippen molar-refractivity contribution in [3.05, 3.63) is 93.2 Å². The fourth-order valence-corrected chi connectivity index (χ4v) is 3.80. The predicted molar refractivity (Wildman–Crippen MR) is 104 cm³/mol. The highest BCUT2D eigenvalue weighted by Crippen LogP contribution is 2.40. The van der Waals surface area contributed by atoms with E-state index in [-0.39, 0.29) is 0 Å². The van der Waals surface area contributed by atoms with Crippen molar-refractivity contribution in [2.45, 2.75) is 0 Å². The van der Waals surface area contributed by atoms with E-state index in [0.717, 1.165) is 33.1 Å². The smallest absolute Gasteiger partial charge is 0.153 e. The van der Waals surface area contributed by atoms with Crippen LogP contribution in [0.15, 0.2) is 77.2 Å². The van der Waals surface area contributed by atoms with Crippen molar-refractivity contribution < 1.29 is 9.47 Å². The van der Waals surface area contributed by atoms with Gasteiger partial charge in [0.2, 0.25) is 0 Å². The highest BCUT2D eigenvalue weighted by molar-refractivity contribution is 7.11. The first-order valence-corrected chi connectivity index (χ1v) is 9.09. The van der Waals surface area contributed by atoms with Gasteiger partial charge < -0.3 is 9.47 Å². The maximum absolute atomic E-state index is 6.65. The number of hydrogen-bond acceptors (Lipinski definition) is 3. The van der Waals surface area contributed by atoms with Crippen molar-refractivity contribution in [1.29, 1.82) is 0 Å². The molecule has 0 unspecified atom stereocenters. The topological polar surface area (TPSA) is 18.5 Å². The third kappa shape index (κ3) is 3.09. The number of rotatable bonds is 3. The van der Waals surface area contributed by atoms with Gasteiger partial charge in [0.1, 0.15) is 11.5 Å². The van der Waals surface area contributed by atoms with E-state index in [1.807, 2.05) is 54.6 Å². The highest BCUT2D eigenvalue weighted by Gasteiger charge is 2.20. The molecule has 1 aliphatic heterocycles.